The molecule has 6 heteroatoms. The van der Waals surface area contributed by atoms with Crippen molar-refractivity contribution < 1.29 is 14.3 Å². The molecule has 0 saturated carbocycles. The van der Waals surface area contributed by atoms with Crippen molar-refractivity contribution in [3.63, 3.8) is 0 Å². The number of aryl methyl sites for hydroxylation is 1. The summed E-state index contributed by atoms with van der Waals surface area (Å²) < 4.78 is 5.61. The van der Waals surface area contributed by atoms with Gasteiger partial charge in [0, 0.05) is 30.1 Å². The Kier molecular flexibility index (Phi) is 5.51. The van der Waals surface area contributed by atoms with Crippen LogP contribution in [-0.4, -0.2) is 42.5 Å². The fraction of sp³-hybridized carbons (Fsp3) is 0.455. The normalized spacial score (nSPS) is 25.8. The molecule has 28 heavy (non-hydrogen) atoms. The lowest BCUT2D eigenvalue weighted by Gasteiger charge is -2.43. The van der Waals surface area contributed by atoms with Gasteiger partial charge in [-0.05, 0) is 43.8 Å². The van der Waals surface area contributed by atoms with Crippen molar-refractivity contribution in [2.45, 2.75) is 38.8 Å². The predicted octanol–water partition coefficient (Wildman–Crippen LogP) is 3.79. The van der Waals surface area contributed by atoms with E-state index < -0.39 is 0 Å². The second-order valence-electron chi connectivity index (χ2n) is 7.67. The summed E-state index contributed by atoms with van der Waals surface area (Å²) in [4.78, 5) is 31.3. The van der Waals surface area contributed by atoms with Crippen LogP contribution in [0.4, 0.5) is 5.69 Å². The van der Waals surface area contributed by atoms with E-state index in [1.807, 2.05) is 65.4 Å². The van der Waals surface area contributed by atoms with Gasteiger partial charge in [-0.1, -0.05) is 23.8 Å². The van der Waals surface area contributed by atoms with Gasteiger partial charge in [-0.2, -0.15) is 0 Å². The lowest BCUT2D eigenvalue weighted by atomic mass is 9.85. The molecular formula is C22H26N2O3S. The van der Waals surface area contributed by atoms with Crippen LogP contribution >= 0.6 is 11.3 Å². The predicted molar refractivity (Wildman–Crippen MR) is 110 cm³/mol. The van der Waals surface area contributed by atoms with E-state index >= 15 is 0 Å². The van der Waals surface area contributed by atoms with Crippen LogP contribution in [0.25, 0.3) is 0 Å². The summed E-state index contributed by atoms with van der Waals surface area (Å²) in [7, 11) is 0. The number of hydrogen-bond acceptors (Lipinski definition) is 4. The molecule has 0 bridgehead atoms. The summed E-state index contributed by atoms with van der Waals surface area (Å²) in [5.74, 6) is -0.0113. The Bertz CT molecular complexity index is 834. The topological polar surface area (TPSA) is 49.9 Å². The van der Waals surface area contributed by atoms with Gasteiger partial charge >= 0.3 is 0 Å². The summed E-state index contributed by atoms with van der Waals surface area (Å²) >= 11 is 1.61. The Morgan fingerprint density at radius 2 is 2.00 bits per heavy atom. The first-order valence-corrected chi connectivity index (χ1v) is 10.7. The molecule has 2 fully saturated rings. The first-order valence-electron chi connectivity index (χ1n) is 9.87. The van der Waals surface area contributed by atoms with Gasteiger partial charge in [-0.15, -0.1) is 11.3 Å². The lowest BCUT2D eigenvalue weighted by molar-refractivity contribution is -0.144. The molecule has 1 aromatic heterocycles. The van der Waals surface area contributed by atoms with E-state index in [0.29, 0.717) is 32.5 Å². The Morgan fingerprint density at radius 3 is 2.68 bits per heavy atom. The van der Waals surface area contributed by atoms with E-state index in [0.717, 1.165) is 16.1 Å². The first kappa shape index (κ1) is 19.2. The van der Waals surface area contributed by atoms with Crippen LogP contribution in [0.1, 0.15) is 36.2 Å². The minimum absolute atomic E-state index is 0.0521. The molecule has 3 unspecified atom stereocenters. The molecule has 2 aliphatic rings. The average molecular weight is 399 g/mol. The summed E-state index contributed by atoms with van der Waals surface area (Å²) in [6, 6.07) is 11.8. The lowest BCUT2D eigenvalue weighted by Crippen LogP contribution is -2.52. The zero-order chi connectivity index (χ0) is 19.7. The van der Waals surface area contributed by atoms with E-state index in [-0.39, 0.29) is 29.9 Å². The quantitative estimate of drug-likeness (QED) is 0.790. The zero-order valence-electron chi connectivity index (χ0n) is 16.3. The number of anilines is 1. The van der Waals surface area contributed by atoms with Crippen LogP contribution in [-0.2, 0) is 14.3 Å². The average Bonchev–Trinajstić information content (AvgIpc) is 3.22. The zero-order valence-corrected chi connectivity index (χ0v) is 17.2. The van der Waals surface area contributed by atoms with Crippen molar-refractivity contribution in [2.24, 2.45) is 5.92 Å². The van der Waals surface area contributed by atoms with Crippen LogP contribution in [0.15, 0.2) is 41.8 Å². The molecular weight excluding hydrogens is 372 g/mol. The highest BCUT2D eigenvalue weighted by atomic mass is 32.1. The van der Waals surface area contributed by atoms with Crippen LogP contribution in [0.5, 0.6) is 0 Å². The molecule has 5 nitrogen and oxygen atoms in total. The van der Waals surface area contributed by atoms with Gasteiger partial charge in [0.15, 0.2) is 0 Å². The summed E-state index contributed by atoms with van der Waals surface area (Å²) in [6.07, 6.45) is 1.04. The molecule has 2 amide bonds. The molecule has 0 radical (unpaired) electrons. The number of ether oxygens (including phenoxy) is 1. The van der Waals surface area contributed by atoms with Gasteiger partial charge in [0.05, 0.1) is 24.7 Å². The van der Waals surface area contributed by atoms with Crippen molar-refractivity contribution in [1.82, 2.24) is 4.90 Å². The molecule has 2 saturated heterocycles. The van der Waals surface area contributed by atoms with Gasteiger partial charge in [-0.25, -0.2) is 0 Å². The SMILES string of the molecule is Cc1ccc(N2C(=O)CCC(C(=O)N3CCOC(C)C3)C2c2cccs2)cc1. The number of rotatable bonds is 3. The molecule has 4 rings (SSSR count). The first-order chi connectivity index (χ1) is 13.5. The third kappa shape index (κ3) is 3.71. The maximum atomic E-state index is 13.5. The Labute approximate surface area is 169 Å². The van der Waals surface area contributed by atoms with Gasteiger partial charge in [0.2, 0.25) is 11.8 Å². The number of carbonyl (C=O) groups excluding carboxylic acids is 2. The van der Waals surface area contributed by atoms with Crippen LogP contribution in [0, 0.1) is 12.8 Å². The summed E-state index contributed by atoms with van der Waals surface area (Å²) in [6.45, 7) is 5.84. The highest BCUT2D eigenvalue weighted by molar-refractivity contribution is 7.10. The minimum atomic E-state index is -0.255. The number of thiophene rings is 1. The third-order valence-electron chi connectivity index (χ3n) is 5.61. The molecule has 1 aromatic carbocycles. The van der Waals surface area contributed by atoms with Gasteiger partial charge < -0.3 is 14.5 Å². The van der Waals surface area contributed by atoms with Crippen LogP contribution in [0.3, 0.4) is 0 Å². The van der Waals surface area contributed by atoms with Crippen LogP contribution < -0.4 is 4.90 Å². The Hall–Kier alpha value is -2.18. The standard InChI is InChI=1S/C22H26N2O3S/c1-15-5-7-17(8-6-15)24-20(25)10-9-18(21(24)19-4-3-13-28-19)22(26)23-11-12-27-16(2)14-23/h3-8,13,16,18,21H,9-12,14H2,1-2H3. The van der Waals surface area contributed by atoms with E-state index in [4.69, 9.17) is 4.74 Å². The number of amides is 2. The van der Waals surface area contributed by atoms with Crippen molar-refractivity contribution in [1.29, 1.82) is 0 Å². The Morgan fingerprint density at radius 1 is 1.21 bits per heavy atom. The number of carbonyl (C=O) groups is 2. The van der Waals surface area contributed by atoms with Crippen molar-refractivity contribution in [2.75, 3.05) is 24.6 Å². The summed E-state index contributed by atoms with van der Waals surface area (Å²) in [5.41, 5.74) is 2.01. The highest BCUT2D eigenvalue weighted by Crippen LogP contribution is 2.42. The highest BCUT2D eigenvalue weighted by Gasteiger charge is 2.43. The molecule has 0 spiro atoms. The van der Waals surface area contributed by atoms with Gasteiger partial charge in [0.25, 0.3) is 0 Å². The minimum Gasteiger partial charge on any atom is -0.375 e. The molecule has 2 aliphatic heterocycles. The second-order valence-corrected chi connectivity index (χ2v) is 8.65. The maximum absolute atomic E-state index is 13.5. The smallest absolute Gasteiger partial charge is 0.228 e. The van der Waals surface area contributed by atoms with Crippen LogP contribution in [0.2, 0.25) is 0 Å². The summed E-state index contributed by atoms with van der Waals surface area (Å²) in [5, 5.41) is 2.01. The van der Waals surface area contributed by atoms with Crippen molar-refractivity contribution >= 4 is 28.8 Å². The monoisotopic (exact) mass is 398 g/mol. The van der Waals surface area contributed by atoms with Crippen molar-refractivity contribution in [3.05, 3.63) is 52.2 Å². The van der Waals surface area contributed by atoms with E-state index in [1.54, 1.807) is 11.3 Å². The molecule has 3 heterocycles. The van der Waals surface area contributed by atoms with Crippen molar-refractivity contribution in [3.8, 4) is 0 Å². The fourth-order valence-corrected chi connectivity index (χ4v) is 5.08. The number of piperidine rings is 1. The number of benzene rings is 1. The largest absolute Gasteiger partial charge is 0.375 e. The van der Waals surface area contributed by atoms with E-state index in [1.165, 1.54) is 0 Å². The maximum Gasteiger partial charge on any atom is 0.228 e. The fourth-order valence-electron chi connectivity index (χ4n) is 4.20. The Balaban J connectivity index is 1.70. The number of hydrogen-bond donors (Lipinski definition) is 0. The number of morpholine rings is 1. The third-order valence-corrected chi connectivity index (χ3v) is 6.56. The van der Waals surface area contributed by atoms with E-state index in [9.17, 15) is 9.59 Å². The molecule has 0 aliphatic carbocycles. The van der Waals surface area contributed by atoms with Gasteiger partial charge in [-0.3, -0.25) is 9.59 Å². The molecule has 3 atom stereocenters. The van der Waals surface area contributed by atoms with Gasteiger partial charge in [0.1, 0.15) is 0 Å². The molecule has 148 valence electrons. The number of nitrogens with zero attached hydrogens (tertiary/aromatic N) is 2. The molecule has 2 aromatic rings. The van der Waals surface area contributed by atoms with E-state index in [2.05, 4.69) is 0 Å². The molecule has 0 N–H and O–H groups in total. The second kappa shape index (κ2) is 8.05.